The molecule has 0 amide bonds. The Morgan fingerprint density at radius 1 is 0.806 bits per heavy atom. The van der Waals surface area contributed by atoms with E-state index in [2.05, 4.69) is 36.5 Å². The molecule has 0 aliphatic carbocycles. The Bertz CT molecular complexity index is 1480. The van der Waals surface area contributed by atoms with Gasteiger partial charge in [-0.15, -0.1) is 0 Å². The summed E-state index contributed by atoms with van der Waals surface area (Å²) in [5.74, 6) is 0. The second kappa shape index (κ2) is 9.78. The molecule has 0 saturated heterocycles. The van der Waals surface area contributed by atoms with Crippen molar-refractivity contribution in [2.24, 2.45) is 0 Å². The molecule has 36 heavy (non-hydrogen) atoms. The number of nitrogens with one attached hydrogen (secondary N) is 1. The fourth-order valence-electron chi connectivity index (χ4n) is 4.61. The molecule has 1 aliphatic heterocycles. The largest absolute Gasteiger partial charge is 0.266 e. The zero-order chi connectivity index (χ0) is 26.3. The number of anilines is 1. The molecule has 0 unspecified atom stereocenters. The van der Waals surface area contributed by atoms with Gasteiger partial charge in [0.1, 0.15) is 0 Å². The van der Waals surface area contributed by atoms with Crippen molar-refractivity contribution in [2.75, 3.05) is 17.4 Å². The van der Waals surface area contributed by atoms with Crippen LogP contribution < -0.4 is 14.2 Å². The van der Waals surface area contributed by atoms with Crippen molar-refractivity contribution in [3.8, 4) is 0 Å². The van der Waals surface area contributed by atoms with E-state index in [1.165, 1.54) is 0 Å². The van der Waals surface area contributed by atoms with Crippen molar-refractivity contribution < 1.29 is 16.8 Å². The highest BCUT2D eigenvalue weighted by molar-refractivity contribution is 7.93. The summed E-state index contributed by atoms with van der Waals surface area (Å²) in [5.41, 5.74) is 4.81. The van der Waals surface area contributed by atoms with Crippen LogP contribution in [0.4, 0.5) is 5.69 Å². The van der Waals surface area contributed by atoms with Gasteiger partial charge in [0.2, 0.25) is 10.0 Å². The minimum Gasteiger partial charge on any atom is -0.266 e. The van der Waals surface area contributed by atoms with Crippen LogP contribution in [0, 0.1) is 13.8 Å². The number of nitrogens with zero attached hydrogens (tertiary/aromatic N) is 1. The Hall–Kier alpha value is -2.46. The molecule has 9 heteroatoms. The van der Waals surface area contributed by atoms with Crippen molar-refractivity contribution in [2.45, 2.75) is 56.1 Å². The summed E-state index contributed by atoms with van der Waals surface area (Å²) in [6.45, 7) is 11.1. The first-order chi connectivity index (χ1) is 16.8. The minimum atomic E-state index is -3.71. The second-order valence-corrected chi connectivity index (χ2v) is 19.1. The molecule has 192 valence electrons. The predicted octanol–water partition coefficient (Wildman–Crippen LogP) is 4.12. The Balaban J connectivity index is 1.65. The fraction of sp³-hybridized carbons (Fsp3) is 0.333. The zero-order valence-corrected chi connectivity index (χ0v) is 24.1. The first-order valence-corrected chi connectivity index (χ1v) is 18.5. The Morgan fingerprint density at radius 2 is 1.36 bits per heavy atom. The number of hydrogen-bond acceptors (Lipinski definition) is 4. The Labute approximate surface area is 216 Å². The van der Waals surface area contributed by atoms with Crippen LogP contribution in [-0.2, 0) is 32.9 Å². The van der Waals surface area contributed by atoms with E-state index in [0.717, 1.165) is 33.1 Å². The third kappa shape index (κ3) is 5.29. The van der Waals surface area contributed by atoms with E-state index in [9.17, 15) is 16.8 Å². The number of aryl methyl sites for hydroxylation is 2. The van der Waals surface area contributed by atoms with Crippen LogP contribution in [0.25, 0.3) is 0 Å². The summed E-state index contributed by atoms with van der Waals surface area (Å²) in [4.78, 5) is 0.529. The van der Waals surface area contributed by atoms with Gasteiger partial charge in [-0.3, -0.25) is 4.31 Å². The normalized spacial score (nSPS) is 14.2. The van der Waals surface area contributed by atoms with Gasteiger partial charge in [0, 0.05) is 13.1 Å². The monoisotopic (exact) mass is 542 g/mol. The van der Waals surface area contributed by atoms with Crippen LogP contribution in [0.1, 0.15) is 22.3 Å². The quantitative estimate of drug-likeness (QED) is 0.434. The summed E-state index contributed by atoms with van der Waals surface area (Å²) in [6, 6.07) is 17.8. The van der Waals surface area contributed by atoms with Crippen molar-refractivity contribution in [1.29, 1.82) is 0 Å². The fourth-order valence-corrected chi connectivity index (χ4v) is 8.81. The van der Waals surface area contributed by atoms with E-state index in [1.807, 2.05) is 26.0 Å². The minimum absolute atomic E-state index is 0.236. The lowest BCUT2D eigenvalue weighted by Gasteiger charge is -2.28. The van der Waals surface area contributed by atoms with Crippen LogP contribution in [0.15, 0.2) is 70.5 Å². The predicted molar refractivity (Wildman–Crippen MR) is 149 cm³/mol. The van der Waals surface area contributed by atoms with E-state index in [4.69, 9.17) is 0 Å². The van der Waals surface area contributed by atoms with Gasteiger partial charge >= 0.3 is 0 Å². The van der Waals surface area contributed by atoms with Crippen molar-refractivity contribution in [1.82, 2.24) is 4.72 Å². The van der Waals surface area contributed by atoms with Gasteiger partial charge in [-0.05, 0) is 67.3 Å². The van der Waals surface area contributed by atoms with Crippen LogP contribution in [-0.4, -0.2) is 38.0 Å². The molecule has 1 aliphatic rings. The molecule has 0 fully saturated rings. The van der Waals surface area contributed by atoms with Crippen LogP contribution in [0.2, 0.25) is 19.6 Å². The summed E-state index contributed by atoms with van der Waals surface area (Å²) in [5, 5.41) is 1.11. The van der Waals surface area contributed by atoms with E-state index < -0.39 is 28.1 Å². The average Bonchev–Trinajstić information content (AvgIpc) is 3.25. The van der Waals surface area contributed by atoms with Gasteiger partial charge in [-0.2, -0.15) is 0 Å². The maximum Gasteiger partial charge on any atom is 0.264 e. The number of rotatable bonds is 8. The van der Waals surface area contributed by atoms with Gasteiger partial charge in [0.05, 0.1) is 23.6 Å². The lowest BCUT2D eigenvalue weighted by Crippen LogP contribution is -2.43. The topological polar surface area (TPSA) is 83.6 Å². The van der Waals surface area contributed by atoms with E-state index in [1.54, 1.807) is 40.7 Å². The molecule has 0 aromatic heterocycles. The molecule has 0 radical (unpaired) electrons. The van der Waals surface area contributed by atoms with Gasteiger partial charge < -0.3 is 0 Å². The third-order valence-electron chi connectivity index (χ3n) is 6.63. The molecule has 6 nitrogen and oxygen atoms in total. The van der Waals surface area contributed by atoms with Gasteiger partial charge in [-0.25, -0.2) is 21.6 Å². The van der Waals surface area contributed by atoms with E-state index in [-0.39, 0.29) is 11.4 Å². The molecule has 0 bridgehead atoms. The maximum atomic E-state index is 13.7. The summed E-state index contributed by atoms with van der Waals surface area (Å²) in [7, 11) is -9.19. The maximum absolute atomic E-state index is 13.7. The molecule has 3 aromatic carbocycles. The smallest absolute Gasteiger partial charge is 0.264 e. The molecule has 0 spiro atoms. The number of benzene rings is 3. The summed E-state index contributed by atoms with van der Waals surface area (Å²) < 4.78 is 57.1. The van der Waals surface area contributed by atoms with E-state index in [0.29, 0.717) is 24.3 Å². The average molecular weight is 543 g/mol. The Morgan fingerprint density at radius 3 is 1.92 bits per heavy atom. The third-order valence-corrected chi connectivity index (χ3v) is 11.9. The summed E-state index contributed by atoms with van der Waals surface area (Å²) >= 11 is 0. The summed E-state index contributed by atoms with van der Waals surface area (Å²) in [6.07, 6.45) is 1.09. The highest BCUT2D eigenvalue weighted by Gasteiger charge is 2.37. The molecule has 0 saturated carbocycles. The number of hydrogen-bond donors (Lipinski definition) is 1. The lowest BCUT2D eigenvalue weighted by molar-refractivity contribution is 0.581. The highest BCUT2D eigenvalue weighted by atomic mass is 32.2. The first-order valence-electron chi connectivity index (χ1n) is 12.1. The first kappa shape index (κ1) is 26.6. The van der Waals surface area contributed by atoms with Crippen molar-refractivity contribution in [3.05, 3.63) is 82.9 Å². The highest BCUT2D eigenvalue weighted by Crippen LogP contribution is 2.35. The molecule has 0 atom stereocenters. The van der Waals surface area contributed by atoms with Gasteiger partial charge in [0.15, 0.2) is 0 Å². The molecule has 1 N–H and O–H groups in total. The van der Waals surface area contributed by atoms with Crippen molar-refractivity contribution >= 4 is 39.0 Å². The van der Waals surface area contributed by atoms with Gasteiger partial charge in [0.25, 0.3) is 10.0 Å². The molecule has 3 aromatic rings. The van der Waals surface area contributed by atoms with Crippen molar-refractivity contribution in [3.63, 3.8) is 0 Å². The van der Waals surface area contributed by atoms with Crippen LogP contribution in [0.5, 0.6) is 0 Å². The zero-order valence-electron chi connectivity index (χ0n) is 21.5. The molecular weight excluding hydrogens is 509 g/mol. The van der Waals surface area contributed by atoms with E-state index >= 15 is 0 Å². The SMILES string of the molecule is Cc1ccc(S(=O)(=O)NCCc2ccc([Si](C)(C)C)c3c2CCN3S(=O)(=O)c2ccc(C)cc2)cc1. The standard InChI is InChI=1S/C27H34N2O4S2Si/c1-20-6-11-23(12-7-20)34(30,31)28-18-16-22-10-15-26(36(3,4)5)27-25(22)17-19-29(27)35(32,33)24-13-8-21(2)9-14-24/h6-15,28H,16-19H2,1-5H3. The molecule has 1 heterocycles. The number of fused-ring (bicyclic) bond motifs is 1. The number of sulfonamides is 2. The van der Waals surface area contributed by atoms with Crippen LogP contribution >= 0.6 is 0 Å². The molecule has 4 rings (SSSR count). The van der Waals surface area contributed by atoms with Crippen LogP contribution in [0.3, 0.4) is 0 Å². The molecular formula is C27H34N2O4S2Si. The van der Waals surface area contributed by atoms with Gasteiger partial charge in [-0.1, -0.05) is 67.2 Å². The Kier molecular flexibility index (Phi) is 7.22. The lowest BCUT2D eigenvalue weighted by atomic mass is 10.0. The second-order valence-electron chi connectivity index (χ2n) is 10.5.